The van der Waals surface area contributed by atoms with E-state index in [0.29, 0.717) is 29.5 Å². The molecule has 0 saturated carbocycles. The van der Waals surface area contributed by atoms with Crippen LogP contribution in [0.2, 0.25) is 0 Å². The van der Waals surface area contributed by atoms with E-state index in [0.717, 1.165) is 11.1 Å². The highest BCUT2D eigenvalue weighted by Gasteiger charge is 2.43. The predicted molar refractivity (Wildman–Crippen MR) is 159 cm³/mol. The second-order valence-corrected chi connectivity index (χ2v) is 11.1. The first-order valence-electron chi connectivity index (χ1n) is 14.0. The molecule has 2 unspecified atom stereocenters. The maximum atomic E-state index is 14.1. The van der Waals surface area contributed by atoms with Crippen LogP contribution in [-0.4, -0.2) is 64.3 Å². The fraction of sp³-hybridized carbons (Fsp3) is 0.406. The molecule has 10 heteroatoms. The highest BCUT2D eigenvalue weighted by molar-refractivity contribution is 6.01. The molecule has 9 nitrogen and oxygen atoms in total. The van der Waals surface area contributed by atoms with Crippen LogP contribution in [-0.2, 0) is 20.8 Å². The Bertz CT molecular complexity index is 1420. The molecule has 0 bridgehead atoms. The lowest BCUT2D eigenvalue weighted by atomic mass is 9.97. The summed E-state index contributed by atoms with van der Waals surface area (Å²) in [6.07, 6.45) is 2.86. The van der Waals surface area contributed by atoms with Crippen molar-refractivity contribution in [1.29, 1.82) is 5.41 Å². The van der Waals surface area contributed by atoms with Gasteiger partial charge in [-0.1, -0.05) is 18.2 Å². The largest absolute Gasteiger partial charge is 0.366 e. The quantitative estimate of drug-likeness (QED) is 0.292. The third kappa shape index (κ3) is 7.48. The lowest BCUT2D eigenvalue weighted by molar-refractivity contribution is -0.140. The fourth-order valence-electron chi connectivity index (χ4n) is 5.49. The second-order valence-electron chi connectivity index (χ2n) is 11.1. The Labute approximate surface area is 246 Å². The highest BCUT2D eigenvalue weighted by Crippen LogP contribution is 2.39. The number of nitrogens with two attached hydrogens (primary N) is 1. The lowest BCUT2D eigenvalue weighted by Crippen LogP contribution is -2.54. The van der Waals surface area contributed by atoms with Gasteiger partial charge in [-0.2, -0.15) is 0 Å². The molecule has 4 N–H and O–H groups in total. The predicted octanol–water partition coefficient (Wildman–Crippen LogP) is 3.85. The van der Waals surface area contributed by atoms with Gasteiger partial charge in [0, 0.05) is 43.3 Å². The number of amides is 4. The van der Waals surface area contributed by atoms with Gasteiger partial charge >= 0.3 is 0 Å². The van der Waals surface area contributed by atoms with Gasteiger partial charge in [0.1, 0.15) is 11.9 Å². The molecular weight excluding hydrogens is 537 g/mol. The number of rotatable bonds is 10. The van der Waals surface area contributed by atoms with Gasteiger partial charge in [-0.25, -0.2) is 4.39 Å². The number of aryl methyl sites for hydroxylation is 1. The van der Waals surface area contributed by atoms with Gasteiger partial charge in [0.2, 0.25) is 17.7 Å². The summed E-state index contributed by atoms with van der Waals surface area (Å²) >= 11 is 0. The average molecular weight is 578 g/mol. The molecule has 1 fully saturated rings. The number of primary amides is 1. The van der Waals surface area contributed by atoms with Crippen LogP contribution >= 0.6 is 0 Å². The van der Waals surface area contributed by atoms with Crippen molar-refractivity contribution in [3.8, 4) is 0 Å². The summed E-state index contributed by atoms with van der Waals surface area (Å²) in [4.78, 5) is 54.4. The van der Waals surface area contributed by atoms with Crippen LogP contribution in [0.15, 0.2) is 54.1 Å². The third-order valence-electron chi connectivity index (χ3n) is 7.99. The summed E-state index contributed by atoms with van der Waals surface area (Å²) in [5, 5.41) is 10.4. The number of carbonyl (C=O) groups is 4. The SMILES string of the molecule is CC(=N)/C=C(/Cc1ccc(C(=O)N[C@H](C)C(=O)N2C(c3cccc(F)c3)CCC2[C@H](C)N(C)C(C)=O)cc1C)C(N)=O. The molecule has 4 amide bonds. The van der Waals surface area contributed by atoms with E-state index >= 15 is 0 Å². The van der Waals surface area contributed by atoms with Crippen LogP contribution in [0.25, 0.3) is 0 Å². The van der Waals surface area contributed by atoms with E-state index in [1.54, 1.807) is 61.0 Å². The van der Waals surface area contributed by atoms with E-state index in [9.17, 15) is 23.6 Å². The minimum Gasteiger partial charge on any atom is -0.366 e. The van der Waals surface area contributed by atoms with E-state index < -0.39 is 29.7 Å². The molecule has 0 spiro atoms. The first-order valence-corrected chi connectivity index (χ1v) is 14.0. The number of nitrogens with one attached hydrogen (secondary N) is 2. The molecule has 4 atom stereocenters. The molecule has 42 heavy (non-hydrogen) atoms. The minimum absolute atomic E-state index is 0.129. The Morgan fingerprint density at radius 2 is 1.83 bits per heavy atom. The first-order chi connectivity index (χ1) is 19.7. The van der Waals surface area contributed by atoms with E-state index in [-0.39, 0.29) is 36.0 Å². The third-order valence-corrected chi connectivity index (χ3v) is 7.99. The van der Waals surface area contributed by atoms with Crippen molar-refractivity contribution in [1.82, 2.24) is 15.1 Å². The number of nitrogens with zero attached hydrogens (tertiary/aromatic N) is 2. The summed E-state index contributed by atoms with van der Waals surface area (Å²) in [6, 6.07) is 9.26. The number of benzene rings is 2. The van der Waals surface area contributed by atoms with Crippen LogP contribution in [0.3, 0.4) is 0 Å². The van der Waals surface area contributed by atoms with Crippen molar-refractivity contribution in [2.24, 2.45) is 5.73 Å². The van der Waals surface area contributed by atoms with E-state index in [1.165, 1.54) is 25.1 Å². The number of carbonyl (C=O) groups excluding carboxylic acids is 4. The Balaban J connectivity index is 1.83. The average Bonchev–Trinajstić information content (AvgIpc) is 3.37. The Hall–Kier alpha value is -4.34. The molecule has 0 radical (unpaired) electrons. The molecule has 2 aromatic carbocycles. The maximum absolute atomic E-state index is 14.1. The summed E-state index contributed by atoms with van der Waals surface area (Å²) in [5.41, 5.74) is 8.50. The Morgan fingerprint density at radius 3 is 2.40 bits per heavy atom. The van der Waals surface area contributed by atoms with Crippen LogP contribution in [0.5, 0.6) is 0 Å². The van der Waals surface area contributed by atoms with Crippen molar-refractivity contribution in [3.63, 3.8) is 0 Å². The van der Waals surface area contributed by atoms with Gasteiger partial charge in [-0.05, 0) is 87.6 Å². The van der Waals surface area contributed by atoms with Gasteiger partial charge in [0.15, 0.2) is 0 Å². The summed E-state index contributed by atoms with van der Waals surface area (Å²) in [6.45, 7) is 8.33. The summed E-state index contributed by atoms with van der Waals surface area (Å²) in [7, 11) is 1.69. The number of hydrogen-bond donors (Lipinski definition) is 3. The smallest absolute Gasteiger partial charge is 0.251 e. The zero-order valence-electron chi connectivity index (χ0n) is 25.0. The topological polar surface area (TPSA) is 137 Å². The Morgan fingerprint density at radius 1 is 1.14 bits per heavy atom. The fourth-order valence-corrected chi connectivity index (χ4v) is 5.49. The number of likely N-dealkylation sites (tertiary alicyclic amines) is 1. The molecule has 224 valence electrons. The van der Waals surface area contributed by atoms with Gasteiger partial charge in [-0.3, -0.25) is 19.2 Å². The highest BCUT2D eigenvalue weighted by atomic mass is 19.1. The monoisotopic (exact) mass is 577 g/mol. The minimum atomic E-state index is -0.899. The maximum Gasteiger partial charge on any atom is 0.251 e. The molecule has 1 saturated heterocycles. The molecule has 2 aromatic rings. The standard InChI is InChI=1S/C32H40FN5O4/c1-18-14-25(11-10-23(18)16-26(30(35)40)15-19(2)34)31(41)36-20(3)32(42)38-28(21(4)37(6)22(5)39)12-13-29(38)24-8-7-9-27(33)17-24/h7-11,14-15,17,20-21,28-29,34H,12-13,16H2,1-6H3,(H2,35,40)(H,36,41)/b26-15-,34-19?/t20-,21+,28?,29?/m1/s1. The lowest BCUT2D eigenvalue weighted by Gasteiger charge is -2.38. The van der Waals surface area contributed by atoms with Crippen LogP contribution in [0.4, 0.5) is 4.39 Å². The molecule has 0 aliphatic carbocycles. The van der Waals surface area contributed by atoms with Crippen molar-refractivity contribution in [3.05, 3.63) is 82.2 Å². The van der Waals surface area contributed by atoms with Crippen molar-refractivity contribution < 1.29 is 23.6 Å². The van der Waals surface area contributed by atoms with Crippen molar-refractivity contribution in [2.45, 2.75) is 78.0 Å². The van der Waals surface area contributed by atoms with E-state index in [2.05, 4.69) is 5.32 Å². The zero-order chi connectivity index (χ0) is 31.3. The number of allylic oxidation sites excluding steroid dienone is 1. The van der Waals surface area contributed by atoms with Gasteiger partial charge < -0.3 is 26.3 Å². The van der Waals surface area contributed by atoms with E-state index in [1.807, 2.05) is 13.8 Å². The molecule has 1 aliphatic rings. The van der Waals surface area contributed by atoms with Crippen LogP contribution in [0, 0.1) is 18.2 Å². The van der Waals surface area contributed by atoms with Crippen LogP contribution in [0.1, 0.15) is 73.6 Å². The summed E-state index contributed by atoms with van der Waals surface area (Å²) < 4.78 is 14.1. The molecule has 3 rings (SSSR count). The molecule has 1 heterocycles. The zero-order valence-corrected chi connectivity index (χ0v) is 25.0. The second kappa shape index (κ2) is 13.5. The van der Waals surface area contributed by atoms with Gasteiger partial charge in [-0.15, -0.1) is 0 Å². The first kappa shape index (κ1) is 32.2. The van der Waals surface area contributed by atoms with Crippen molar-refractivity contribution in [2.75, 3.05) is 7.05 Å². The summed E-state index contributed by atoms with van der Waals surface area (Å²) in [5.74, 6) is -1.91. The molecular formula is C32H40FN5O4. The van der Waals surface area contributed by atoms with Crippen molar-refractivity contribution >= 4 is 29.3 Å². The number of likely N-dealkylation sites (N-methyl/N-ethyl adjacent to an activating group) is 1. The van der Waals surface area contributed by atoms with E-state index in [4.69, 9.17) is 11.1 Å². The van der Waals surface area contributed by atoms with Crippen LogP contribution < -0.4 is 11.1 Å². The van der Waals surface area contributed by atoms with Gasteiger partial charge in [0.05, 0.1) is 12.1 Å². The van der Waals surface area contributed by atoms with Gasteiger partial charge in [0.25, 0.3) is 5.91 Å². The Kier molecular flexibility index (Phi) is 10.4. The molecule has 1 aliphatic heterocycles. The normalized spacial score (nSPS) is 18.3. The number of halogens is 1. The number of hydrogen-bond acceptors (Lipinski definition) is 5. The molecule has 0 aromatic heterocycles.